The summed E-state index contributed by atoms with van der Waals surface area (Å²) in [7, 11) is 0. The highest BCUT2D eigenvalue weighted by atomic mass is 32.1. The molecule has 0 unspecified atom stereocenters. The number of nitrogens with zero attached hydrogens (tertiary/aromatic N) is 6. The summed E-state index contributed by atoms with van der Waals surface area (Å²) >= 11 is 1.31. The number of fused-ring (bicyclic) bond motifs is 1. The number of rotatable bonds is 3. The number of aromatic nitrogens is 4. The van der Waals surface area contributed by atoms with Crippen LogP contribution in [0.2, 0.25) is 0 Å². The van der Waals surface area contributed by atoms with Gasteiger partial charge in [-0.2, -0.15) is 4.52 Å². The monoisotopic (exact) mass is 356 g/mol. The third-order valence-corrected chi connectivity index (χ3v) is 5.29. The lowest BCUT2D eigenvalue weighted by atomic mass is 10.2. The Labute approximate surface area is 149 Å². The molecule has 1 aliphatic rings. The van der Waals surface area contributed by atoms with E-state index in [9.17, 15) is 4.79 Å². The molecule has 0 bridgehead atoms. The maximum Gasteiger partial charge on any atom is 0.284 e. The van der Waals surface area contributed by atoms with Crippen molar-refractivity contribution in [2.45, 2.75) is 19.8 Å². The van der Waals surface area contributed by atoms with Gasteiger partial charge in [-0.1, -0.05) is 43.4 Å². The van der Waals surface area contributed by atoms with E-state index in [1.807, 2.05) is 36.9 Å². The fourth-order valence-corrected chi connectivity index (χ4v) is 3.83. The summed E-state index contributed by atoms with van der Waals surface area (Å²) in [5.74, 6) is 0.992. The van der Waals surface area contributed by atoms with E-state index in [0.717, 1.165) is 18.9 Å². The highest BCUT2D eigenvalue weighted by Gasteiger charge is 2.26. The predicted octanol–water partition coefficient (Wildman–Crippen LogP) is 2.27. The second kappa shape index (κ2) is 6.44. The molecule has 8 heteroatoms. The fraction of sp³-hybridized carbons (Fsp3) is 0.412. The smallest absolute Gasteiger partial charge is 0.284 e. The van der Waals surface area contributed by atoms with Crippen molar-refractivity contribution in [1.82, 2.24) is 24.7 Å². The molecule has 1 amide bonds. The molecule has 2 aromatic heterocycles. The van der Waals surface area contributed by atoms with E-state index in [0.29, 0.717) is 23.1 Å². The molecule has 7 nitrogen and oxygen atoms in total. The zero-order valence-corrected chi connectivity index (χ0v) is 15.1. The number of hydrogen-bond acceptors (Lipinski definition) is 6. The number of para-hydroxylation sites is 1. The first kappa shape index (κ1) is 16.0. The number of piperazine rings is 1. The quantitative estimate of drug-likeness (QED) is 0.720. The third-order valence-electron chi connectivity index (χ3n) is 4.40. The molecule has 4 rings (SSSR count). The number of carbonyl (C=O) groups excluding carboxylic acids is 1. The summed E-state index contributed by atoms with van der Waals surface area (Å²) < 4.78 is 1.70. The van der Waals surface area contributed by atoms with Gasteiger partial charge in [0, 0.05) is 37.8 Å². The maximum atomic E-state index is 12.8. The van der Waals surface area contributed by atoms with Crippen LogP contribution in [0.25, 0.3) is 4.96 Å². The predicted molar refractivity (Wildman–Crippen MR) is 97.3 cm³/mol. The molecule has 3 heterocycles. The first-order valence-corrected chi connectivity index (χ1v) is 9.26. The molecule has 1 aliphatic heterocycles. The Morgan fingerprint density at radius 3 is 2.48 bits per heavy atom. The van der Waals surface area contributed by atoms with Crippen LogP contribution >= 0.6 is 11.3 Å². The number of benzene rings is 1. The zero-order chi connectivity index (χ0) is 17.4. The topological polar surface area (TPSA) is 66.6 Å². The average Bonchev–Trinajstić information content (AvgIpc) is 3.22. The van der Waals surface area contributed by atoms with Gasteiger partial charge >= 0.3 is 0 Å². The first-order valence-electron chi connectivity index (χ1n) is 8.45. The van der Waals surface area contributed by atoms with Crippen molar-refractivity contribution >= 4 is 27.9 Å². The van der Waals surface area contributed by atoms with Crippen molar-refractivity contribution in [2.75, 3.05) is 31.1 Å². The molecule has 0 radical (unpaired) electrons. The molecule has 0 aliphatic carbocycles. The van der Waals surface area contributed by atoms with Gasteiger partial charge < -0.3 is 9.80 Å². The van der Waals surface area contributed by atoms with Gasteiger partial charge in [-0.05, 0) is 12.1 Å². The minimum absolute atomic E-state index is 0.0158. The highest BCUT2D eigenvalue weighted by molar-refractivity contribution is 7.18. The average molecular weight is 356 g/mol. The van der Waals surface area contributed by atoms with E-state index in [1.54, 1.807) is 4.52 Å². The van der Waals surface area contributed by atoms with Gasteiger partial charge in [-0.3, -0.25) is 4.79 Å². The lowest BCUT2D eigenvalue weighted by Gasteiger charge is -2.35. The van der Waals surface area contributed by atoms with Crippen LogP contribution in [0.1, 0.15) is 35.4 Å². The van der Waals surface area contributed by atoms with Crippen LogP contribution < -0.4 is 4.90 Å². The SMILES string of the molecule is CC(C)c1nnc2sc(C(=O)N3CCN(c4ccccc4)CC3)nn12. The summed E-state index contributed by atoms with van der Waals surface area (Å²) in [4.78, 5) is 17.6. The summed E-state index contributed by atoms with van der Waals surface area (Å²) in [5.41, 5.74) is 1.20. The highest BCUT2D eigenvalue weighted by Crippen LogP contribution is 2.21. The molecule has 0 atom stereocenters. The molecule has 25 heavy (non-hydrogen) atoms. The molecule has 1 aromatic carbocycles. The fourth-order valence-electron chi connectivity index (χ4n) is 3.02. The summed E-state index contributed by atoms with van der Waals surface area (Å²) in [6, 6.07) is 10.3. The molecule has 0 saturated carbocycles. The lowest BCUT2D eigenvalue weighted by Crippen LogP contribution is -2.48. The summed E-state index contributed by atoms with van der Waals surface area (Å²) in [6.45, 7) is 7.14. The van der Waals surface area contributed by atoms with Crippen LogP contribution in [0.15, 0.2) is 30.3 Å². The molecule has 130 valence electrons. The van der Waals surface area contributed by atoms with Crippen molar-refractivity contribution in [2.24, 2.45) is 0 Å². The molecule has 1 fully saturated rings. The number of carbonyl (C=O) groups is 1. The van der Waals surface area contributed by atoms with E-state index >= 15 is 0 Å². The van der Waals surface area contributed by atoms with Crippen LogP contribution in [-0.2, 0) is 0 Å². The van der Waals surface area contributed by atoms with Gasteiger partial charge in [-0.15, -0.1) is 15.3 Å². The largest absolute Gasteiger partial charge is 0.368 e. The van der Waals surface area contributed by atoms with E-state index in [2.05, 4.69) is 32.3 Å². The Hall–Kier alpha value is -2.48. The van der Waals surface area contributed by atoms with Crippen LogP contribution in [-0.4, -0.2) is 56.8 Å². The molecule has 3 aromatic rings. The Morgan fingerprint density at radius 1 is 1.08 bits per heavy atom. The molecule has 0 N–H and O–H groups in total. The molecular formula is C17H20N6OS. The second-order valence-corrected chi connectivity index (χ2v) is 7.39. The van der Waals surface area contributed by atoms with Gasteiger partial charge in [-0.25, -0.2) is 0 Å². The van der Waals surface area contributed by atoms with Gasteiger partial charge in [0.05, 0.1) is 0 Å². The molecule has 0 spiro atoms. The Balaban J connectivity index is 1.47. The van der Waals surface area contributed by atoms with Crippen LogP contribution in [0.5, 0.6) is 0 Å². The van der Waals surface area contributed by atoms with Crippen molar-refractivity contribution in [1.29, 1.82) is 0 Å². The summed E-state index contributed by atoms with van der Waals surface area (Å²) in [5, 5.41) is 13.2. The van der Waals surface area contributed by atoms with E-state index in [4.69, 9.17) is 0 Å². The standard InChI is InChI=1S/C17H20N6OS/c1-12(2)14-18-19-17-23(14)20-15(25-17)16(24)22-10-8-21(9-11-22)13-6-4-3-5-7-13/h3-7,12H,8-11H2,1-2H3. The van der Waals surface area contributed by atoms with E-state index in [1.165, 1.54) is 17.0 Å². The van der Waals surface area contributed by atoms with Gasteiger partial charge in [0.2, 0.25) is 9.97 Å². The Kier molecular flexibility index (Phi) is 4.12. The summed E-state index contributed by atoms with van der Waals surface area (Å²) in [6.07, 6.45) is 0. The maximum absolute atomic E-state index is 12.8. The third kappa shape index (κ3) is 2.97. The number of amides is 1. The van der Waals surface area contributed by atoms with E-state index < -0.39 is 0 Å². The van der Waals surface area contributed by atoms with Crippen LogP contribution in [0.3, 0.4) is 0 Å². The molecule has 1 saturated heterocycles. The number of anilines is 1. The zero-order valence-electron chi connectivity index (χ0n) is 14.3. The van der Waals surface area contributed by atoms with Gasteiger partial charge in [0.15, 0.2) is 5.82 Å². The normalized spacial score (nSPS) is 15.3. The Bertz CT molecular complexity index is 879. The lowest BCUT2D eigenvalue weighted by molar-refractivity contribution is 0.0745. The number of hydrogen-bond donors (Lipinski definition) is 0. The van der Waals surface area contributed by atoms with E-state index in [-0.39, 0.29) is 11.8 Å². The van der Waals surface area contributed by atoms with Crippen LogP contribution in [0, 0.1) is 0 Å². The van der Waals surface area contributed by atoms with Gasteiger partial charge in [0.1, 0.15) is 0 Å². The minimum atomic E-state index is -0.0158. The van der Waals surface area contributed by atoms with Crippen molar-refractivity contribution in [3.63, 3.8) is 0 Å². The van der Waals surface area contributed by atoms with Gasteiger partial charge in [0.25, 0.3) is 5.91 Å². The molecular weight excluding hydrogens is 336 g/mol. The Morgan fingerprint density at radius 2 is 1.80 bits per heavy atom. The van der Waals surface area contributed by atoms with Crippen molar-refractivity contribution in [3.8, 4) is 0 Å². The van der Waals surface area contributed by atoms with Crippen molar-refractivity contribution < 1.29 is 4.79 Å². The van der Waals surface area contributed by atoms with Crippen LogP contribution in [0.4, 0.5) is 5.69 Å². The minimum Gasteiger partial charge on any atom is -0.368 e. The first-order chi connectivity index (χ1) is 12.1. The second-order valence-electron chi connectivity index (χ2n) is 6.43. The van der Waals surface area contributed by atoms with Crippen molar-refractivity contribution in [3.05, 3.63) is 41.2 Å².